The summed E-state index contributed by atoms with van der Waals surface area (Å²) in [5.74, 6) is 0.676. The van der Waals surface area contributed by atoms with E-state index in [4.69, 9.17) is 10.5 Å². The van der Waals surface area contributed by atoms with Crippen molar-refractivity contribution in [2.45, 2.75) is 33.2 Å². The Morgan fingerprint density at radius 1 is 1.40 bits per heavy atom. The highest BCUT2D eigenvalue weighted by atomic mass is 16.5. The summed E-state index contributed by atoms with van der Waals surface area (Å²) in [5, 5.41) is 0. The van der Waals surface area contributed by atoms with Gasteiger partial charge in [-0.2, -0.15) is 0 Å². The average molecular weight is 145 g/mol. The number of nitrogens with two attached hydrogens (primary N) is 1. The lowest BCUT2D eigenvalue weighted by atomic mass is 10.1. The summed E-state index contributed by atoms with van der Waals surface area (Å²) >= 11 is 0. The predicted molar refractivity (Wildman–Crippen MR) is 43.9 cm³/mol. The third kappa shape index (κ3) is 6.05. The van der Waals surface area contributed by atoms with Crippen molar-refractivity contribution in [3.8, 4) is 0 Å². The zero-order valence-corrected chi connectivity index (χ0v) is 7.26. The third-order valence-electron chi connectivity index (χ3n) is 1.31. The van der Waals surface area contributed by atoms with Crippen molar-refractivity contribution < 1.29 is 4.74 Å². The van der Waals surface area contributed by atoms with Crippen LogP contribution in [0, 0.1) is 5.92 Å². The molecule has 0 spiro atoms. The summed E-state index contributed by atoms with van der Waals surface area (Å²) < 4.78 is 5.17. The summed E-state index contributed by atoms with van der Waals surface area (Å²) in [5.41, 5.74) is 5.74. The van der Waals surface area contributed by atoms with Crippen molar-refractivity contribution in [2.75, 3.05) is 13.2 Å². The molecule has 62 valence electrons. The van der Waals surface area contributed by atoms with Crippen LogP contribution in [-0.4, -0.2) is 19.3 Å². The lowest BCUT2D eigenvalue weighted by Gasteiger charge is -2.12. The molecule has 0 aliphatic rings. The minimum Gasteiger partial charge on any atom is -0.380 e. The molecule has 0 saturated carbocycles. The van der Waals surface area contributed by atoms with Crippen molar-refractivity contribution >= 4 is 0 Å². The number of ether oxygens (including phenoxy) is 1. The maximum absolute atomic E-state index is 5.74. The molecule has 0 aliphatic carbocycles. The molecule has 0 aromatic carbocycles. The minimum absolute atomic E-state index is 0.222. The molecule has 2 heteroatoms. The van der Waals surface area contributed by atoms with Crippen LogP contribution in [0.3, 0.4) is 0 Å². The summed E-state index contributed by atoms with van der Waals surface area (Å²) in [7, 11) is 0. The number of hydrogen-bond donors (Lipinski definition) is 1. The fourth-order valence-corrected chi connectivity index (χ4v) is 0.943. The maximum atomic E-state index is 5.74. The molecule has 0 aliphatic heterocycles. The van der Waals surface area contributed by atoms with E-state index in [2.05, 4.69) is 13.8 Å². The van der Waals surface area contributed by atoms with Crippen molar-refractivity contribution in [1.82, 2.24) is 0 Å². The van der Waals surface area contributed by atoms with Gasteiger partial charge in [-0.05, 0) is 19.3 Å². The average Bonchev–Trinajstić information content (AvgIpc) is 1.82. The molecular formula is C8H19NO. The van der Waals surface area contributed by atoms with Crippen molar-refractivity contribution in [1.29, 1.82) is 0 Å². The second kappa shape index (κ2) is 5.69. The van der Waals surface area contributed by atoms with Crippen LogP contribution in [0.2, 0.25) is 0 Å². The predicted octanol–water partition coefficient (Wildman–Crippen LogP) is 1.40. The Balaban J connectivity index is 3.16. The van der Waals surface area contributed by atoms with Crippen LogP contribution in [0.1, 0.15) is 27.2 Å². The SMILES string of the molecule is CCOC[C@H](N)CC(C)C. The Labute approximate surface area is 63.7 Å². The molecule has 2 nitrogen and oxygen atoms in total. The van der Waals surface area contributed by atoms with Crippen molar-refractivity contribution in [2.24, 2.45) is 11.7 Å². The Hall–Kier alpha value is -0.0800. The molecule has 0 aromatic heterocycles. The lowest BCUT2D eigenvalue weighted by Crippen LogP contribution is -2.27. The minimum atomic E-state index is 0.222. The van der Waals surface area contributed by atoms with Gasteiger partial charge in [-0.15, -0.1) is 0 Å². The highest BCUT2D eigenvalue weighted by Crippen LogP contribution is 2.02. The zero-order valence-electron chi connectivity index (χ0n) is 7.26. The van der Waals surface area contributed by atoms with Crippen LogP contribution in [-0.2, 0) is 4.74 Å². The van der Waals surface area contributed by atoms with Gasteiger partial charge < -0.3 is 10.5 Å². The van der Waals surface area contributed by atoms with E-state index in [1.807, 2.05) is 6.92 Å². The summed E-state index contributed by atoms with van der Waals surface area (Å²) in [4.78, 5) is 0. The smallest absolute Gasteiger partial charge is 0.0617 e. The van der Waals surface area contributed by atoms with Crippen molar-refractivity contribution in [3.05, 3.63) is 0 Å². The first-order valence-corrected chi connectivity index (χ1v) is 4.00. The van der Waals surface area contributed by atoms with Crippen LogP contribution >= 0.6 is 0 Å². The highest BCUT2D eigenvalue weighted by Gasteiger charge is 2.03. The Morgan fingerprint density at radius 3 is 2.40 bits per heavy atom. The molecule has 0 aromatic rings. The first-order valence-electron chi connectivity index (χ1n) is 4.00. The normalized spacial score (nSPS) is 14.1. The molecule has 0 unspecified atom stereocenters. The lowest BCUT2D eigenvalue weighted by molar-refractivity contribution is 0.127. The fraction of sp³-hybridized carbons (Fsp3) is 1.00. The first kappa shape index (κ1) is 9.92. The number of hydrogen-bond acceptors (Lipinski definition) is 2. The van der Waals surface area contributed by atoms with Crippen LogP contribution in [0.15, 0.2) is 0 Å². The third-order valence-corrected chi connectivity index (χ3v) is 1.31. The molecule has 0 bridgehead atoms. The van der Waals surface area contributed by atoms with E-state index in [-0.39, 0.29) is 6.04 Å². The van der Waals surface area contributed by atoms with E-state index in [1.54, 1.807) is 0 Å². The number of rotatable bonds is 5. The van der Waals surface area contributed by atoms with Crippen molar-refractivity contribution in [3.63, 3.8) is 0 Å². The molecule has 0 saturated heterocycles. The van der Waals surface area contributed by atoms with Crippen LogP contribution in [0.5, 0.6) is 0 Å². The molecule has 10 heavy (non-hydrogen) atoms. The van der Waals surface area contributed by atoms with Gasteiger partial charge in [0, 0.05) is 12.6 Å². The van der Waals surface area contributed by atoms with Gasteiger partial charge in [0.2, 0.25) is 0 Å². The molecule has 0 fully saturated rings. The maximum Gasteiger partial charge on any atom is 0.0617 e. The monoisotopic (exact) mass is 145 g/mol. The Kier molecular flexibility index (Phi) is 5.64. The topological polar surface area (TPSA) is 35.2 Å². The molecule has 0 rings (SSSR count). The van der Waals surface area contributed by atoms with Gasteiger partial charge in [-0.1, -0.05) is 13.8 Å². The zero-order chi connectivity index (χ0) is 7.98. The van der Waals surface area contributed by atoms with Crippen LogP contribution in [0.4, 0.5) is 0 Å². The second-order valence-corrected chi connectivity index (χ2v) is 3.05. The van der Waals surface area contributed by atoms with E-state index in [9.17, 15) is 0 Å². The van der Waals surface area contributed by atoms with Gasteiger partial charge in [-0.25, -0.2) is 0 Å². The van der Waals surface area contributed by atoms with E-state index in [1.165, 1.54) is 0 Å². The van der Waals surface area contributed by atoms with E-state index >= 15 is 0 Å². The Morgan fingerprint density at radius 2 is 2.00 bits per heavy atom. The molecular weight excluding hydrogens is 126 g/mol. The van der Waals surface area contributed by atoms with Gasteiger partial charge in [0.05, 0.1) is 6.61 Å². The van der Waals surface area contributed by atoms with Gasteiger partial charge in [0.25, 0.3) is 0 Å². The second-order valence-electron chi connectivity index (χ2n) is 3.05. The fourth-order valence-electron chi connectivity index (χ4n) is 0.943. The standard InChI is InChI=1S/C8H19NO/c1-4-10-6-8(9)5-7(2)3/h7-8H,4-6,9H2,1-3H3/t8-/m1/s1. The Bertz CT molecular complexity index is 73.7. The molecule has 2 N–H and O–H groups in total. The van der Waals surface area contributed by atoms with Gasteiger partial charge >= 0.3 is 0 Å². The molecule has 0 amide bonds. The van der Waals surface area contributed by atoms with E-state index < -0.39 is 0 Å². The molecule has 0 heterocycles. The van der Waals surface area contributed by atoms with Gasteiger partial charge in [0.15, 0.2) is 0 Å². The van der Waals surface area contributed by atoms with E-state index in [0.717, 1.165) is 13.0 Å². The summed E-state index contributed by atoms with van der Waals surface area (Å²) in [6.45, 7) is 7.81. The van der Waals surface area contributed by atoms with Gasteiger partial charge in [0.1, 0.15) is 0 Å². The quantitative estimate of drug-likeness (QED) is 0.634. The van der Waals surface area contributed by atoms with Gasteiger partial charge in [-0.3, -0.25) is 0 Å². The summed E-state index contributed by atoms with van der Waals surface area (Å²) in [6, 6.07) is 0.222. The molecule has 0 radical (unpaired) electrons. The van der Waals surface area contributed by atoms with E-state index in [0.29, 0.717) is 12.5 Å². The molecule has 1 atom stereocenters. The first-order chi connectivity index (χ1) is 4.66. The van der Waals surface area contributed by atoms with Crippen LogP contribution < -0.4 is 5.73 Å². The largest absolute Gasteiger partial charge is 0.380 e. The highest BCUT2D eigenvalue weighted by molar-refractivity contribution is 4.61. The van der Waals surface area contributed by atoms with Crippen LogP contribution in [0.25, 0.3) is 0 Å². The summed E-state index contributed by atoms with van der Waals surface area (Å²) in [6.07, 6.45) is 1.06.